The Kier molecular flexibility index (Phi) is 14.2. The molecule has 0 amide bonds. The van der Waals surface area contributed by atoms with Gasteiger partial charge in [-0.15, -0.1) is 0 Å². The van der Waals surface area contributed by atoms with Gasteiger partial charge in [-0.2, -0.15) is 0 Å². The maximum Gasteiger partial charge on any atom is 0.352 e. The van der Waals surface area contributed by atoms with E-state index in [-0.39, 0.29) is 19.8 Å². The fourth-order valence-electron chi connectivity index (χ4n) is 2.31. The third-order valence-corrected chi connectivity index (χ3v) is 3.51. The highest BCUT2D eigenvalue weighted by atomic mass is 16.6. The summed E-state index contributed by atoms with van der Waals surface area (Å²) in [5.41, 5.74) is -2.64. The quantitative estimate of drug-likeness (QED) is 0.208. The fraction of sp³-hybridized carbons (Fsp3) is 0.650. The third kappa shape index (κ3) is 12.4. The summed E-state index contributed by atoms with van der Waals surface area (Å²) < 4.78 is 32.9. The van der Waals surface area contributed by atoms with Gasteiger partial charge >= 0.3 is 41.8 Å². The Balaban J connectivity index is 5.69. The molecule has 0 saturated carbocycles. The van der Waals surface area contributed by atoms with Gasteiger partial charge in [-0.1, -0.05) is 0 Å². The van der Waals surface area contributed by atoms with Crippen LogP contribution in [-0.2, 0) is 66.7 Å². The van der Waals surface area contributed by atoms with E-state index in [9.17, 15) is 33.6 Å². The first-order valence-corrected chi connectivity index (χ1v) is 10.1. The topological polar surface area (TPSA) is 184 Å². The summed E-state index contributed by atoms with van der Waals surface area (Å²) in [6, 6.07) is 0. The molecular weight excluding hydrogens is 464 g/mol. The number of carbonyl (C=O) groups excluding carboxylic acids is 7. The van der Waals surface area contributed by atoms with E-state index in [2.05, 4.69) is 23.7 Å². The minimum absolute atomic E-state index is 0.0141. The lowest BCUT2D eigenvalue weighted by Gasteiger charge is -2.29. The van der Waals surface area contributed by atoms with E-state index < -0.39 is 80.0 Å². The van der Waals surface area contributed by atoms with Crippen molar-refractivity contribution in [2.75, 3.05) is 39.6 Å². The lowest BCUT2D eigenvalue weighted by molar-refractivity contribution is -0.192. The van der Waals surface area contributed by atoms with Gasteiger partial charge in [0.15, 0.2) is 19.8 Å². The molecule has 0 heterocycles. The number of carbonyl (C=O) groups is 7. The second-order valence-electron chi connectivity index (χ2n) is 6.25. The van der Waals surface area contributed by atoms with E-state index in [1.807, 2.05) is 0 Å². The van der Waals surface area contributed by atoms with Crippen LogP contribution in [0.1, 0.15) is 40.5 Å². The van der Waals surface area contributed by atoms with Gasteiger partial charge in [0.1, 0.15) is 0 Å². The van der Waals surface area contributed by atoms with Crippen LogP contribution in [0.15, 0.2) is 0 Å². The number of rotatable bonds is 15. The molecule has 14 nitrogen and oxygen atoms in total. The van der Waals surface area contributed by atoms with E-state index in [0.717, 1.165) is 6.92 Å². The fourth-order valence-corrected chi connectivity index (χ4v) is 2.31. The Hall–Kier alpha value is -3.71. The van der Waals surface area contributed by atoms with Crippen molar-refractivity contribution < 1.29 is 66.7 Å². The molecule has 0 aliphatic rings. The van der Waals surface area contributed by atoms with Gasteiger partial charge in [0.05, 0.1) is 32.7 Å². The Morgan fingerprint density at radius 1 is 0.529 bits per heavy atom. The predicted molar refractivity (Wildman–Crippen MR) is 107 cm³/mol. The van der Waals surface area contributed by atoms with Crippen LogP contribution >= 0.6 is 0 Å². The largest absolute Gasteiger partial charge is 0.463 e. The highest BCUT2D eigenvalue weighted by Crippen LogP contribution is 2.25. The summed E-state index contributed by atoms with van der Waals surface area (Å²) in [6.45, 7) is 2.85. The van der Waals surface area contributed by atoms with Gasteiger partial charge in [0, 0.05) is 6.92 Å². The molecule has 0 aliphatic carbocycles. The van der Waals surface area contributed by atoms with Crippen LogP contribution in [0.5, 0.6) is 0 Å². The lowest BCUT2D eigenvalue weighted by Crippen LogP contribution is -2.49. The summed E-state index contributed by atoms with van der Waals surface area (Å²) in [5.74, 6) is -7.83. The average Bonchev–Trinajstić information content (AvgIpc) is 2.74. The van der Waals surface area contributed by atoms with Crippen molar-refractivity contribution in [1.82, 2.24) is 0 Å². The SMILES string of the molecule is CCOC(=O)COC(=O)CC(CC(=O)OCC(=O)OCC)(OC(C)=O)C(=O)OCC(=O)OCC. The lowest BCUT2D eigenvalue weighted by atomic mass is 9.95. The maximum absolute atomic E-state index is 12.8. The molecule has 0 bridgehead atoms. The van der Waals surface area contributed by atoms with Crippen LogP contribution < -0.4 is 0 Å². The number of hydrogen-bond acceptors (Lipinski definition) is 14. The van der Waals surface area contributed by atoms with Crippen LogP contribution in [0.25, 0.3) is 0 Å². The number of hydrogen-bond donors (Lipinski definition) is 0. The van der Waals surface area contributed by atoms with Gasteiger partial charge in [0.25, 0.3) is 0 Å². The van der Waals surface area contributed by atoms with Crippen molar-refractivity contribution in [2.45, 2.75) is 46.1 Å². The molecule has 0 rings (SSSR count). The second-order valence-corrected chi connectivity index (χ2v) is 6.25. The summed E-state index contributed by atoms with van der Waals surface area (Å²) in [4.78, 5) is 83.3. The first kappa shape index (κ1) is 30.3. The Bertz CT molecular complexity index is 720. The van der Waals surface area contributed by atoms with E-state index >= 15 is 0 Å². The highest BCUT2D eigenvalue weighted by Gasteiger charge is 2.49. The third-order valence-electron chi connectivity index (χ3n) is 3.51. The van der Waals surface area contributed by atoms with Gasteiger partial charge in [-0.05, 0) is 20.8 Å². The molecule has 0 unspecified atom stereocenters. The molecule has 34 heavy (non-hydrogen) atoms. The Morgan fingerprint density at radius 2 is 0.882 bits per heavy atom. The van der Waals surface area contributed by atoms with Crippen LogP contribution in [0.4, 0.5) is 0 Å². The molecule has 0 aromatic heterocycles. The molecule has 0 fully saturated rings. The van der Waals surface area contributed by atoms with Gasteiger partial charge in [-0.3, -0.25) is 14.4 Å². The molecule has 0 N–H and O–H groups in total. The summed E-state index contributed by atoms with van der Waals surface area (Å²) in [7, 11) is 0. The van der Waals surface area contributed by atoms with E-state index in [1.54, 1.807) is 0 Å². The van der Waals surface area contributed by atoms with E-state index in [4.69, 9.17) is 9.47 Å². The molecule has 14 heteroatoms. The Morgan fingerprint density at radius 3 is 1.21 bits per heavy atom. The molecule has 0 radical (unpaired) electrons. The zero-order chi connectivity index (χ0) is 26.1. The van der Waals surface area contributed by atoms with Crippen molar-refractivity contribution in [2.24, 2.45) is 0 Å². The van der Waals surface area contributed by atoms with Crippen molar-refractivity contribution >= 4 is 41.8 Å². The van der Waals surface area contributed by atoms with Crippen molar-refractivity contribution in [3.05, 3.63) is 0 Å². The van der Waals surface area contributed by atoms with Gasteiger partial charge < -0.3 is 33.2 Å². The second kappa shape index (κ2) is 16.0. The first-order chi connectivity index (χ1) is 16.0. The first-order valence-electron chi connectivity index (χ1n) is 10.1. The Labute approximate surface area is 195 Å². The van der Waals surface area contributed by atoms with Crippen LogP contribution in [0, 0.1) is 0 Å². The minimum atomic E-state index is -2.64. The molecule has 0 spiro atoms. The van der Waals surface area contributed by atoms with Crippen LogP contribution in [-0.4, -0.2) is 87.0 Å². The zero-order valence-corrected chi connectivity index (χ0v) is 19.4. The minimum Gasteiger partial charge on any atom is -0.463 e. The van der Waals surface area contributed by atoms with Crippen molar-refractivity contribution in [3.8, 4) is 0 Å². The summed E-state index contributed by atoms with van der Waals surface area (Å²) >= 11 is 0. The van der Waals surface area contributed by atoms with Crippen molar-refractivity contribution in [1.29, 1.82) is 0 Å². The molecular formula is C20H28O14. The summed E-state index contributed by atoms with van der Waals surface area (Å²) in [5, 5.41) is 0. The zero-order valence-electron chi connectivity index (χ0n) is 19.4. The average molecular weight is 492 g/mol. The standard InChI is InChI=1S/C20H28O14/c1-5-28-16(24)10-31-14(22)8-20(34-13(4)21,19(27)33-12-18(26)30-7-3)9-15(23)32-11-17(25)29-6-2/h5-12H2,1-4H3. The monoisotopic (exact) mass is 492 g/mol. The van der Waals surface area contributed by atoms with E-state index in [1.165, 1.54) is 20.8 Å². The van der Waals surface area contributed by atoms with E-state index in [0.29, 0.717) is 0 Å². The predicted octanol–water partition coefficient (Wildman–Crippen LogP) is -0.613. The highest BCUT2D eigenvalue weighted by molar-refractivity contribution is 5.93. The van der Waals surface area contributed by atoms with Crippen LogP contribution in [0.2, 0.25) is 0 Å². The molecule has 192 valence electrons. The number of ether oxygens (including phenoxy) is 7. The smallest absolute Gasteiger partial charge is 0.352 e. The van der Waals surface area contributed by atoms with Gasteiger partial charge in [-0.25, -0.2) is 19.2 Å². The molecule has 0 saturated heterocycles. The van der Waals surface area contributed by atoms with Crippen molar-refractivity contribution in [3.63, 3.8) is 0 Å². The van der Waals surface area contributed by atoms with Gasteiger partial charge in [0.2, 0.25) is 5.60 Å². The molecule has 0 aromatic carbocycles. The maximum atomic E-state index is 12.8. The molecule has 0 aliphatic heterocycles. The van der Waals surface area contributed by atoms with Crippen LogP contribution in [0.3, 0.4) is 0 Å². The normalized spacial score (nSPS) is 10.4. The number of esters is 7. The molecule has 0 atom stereocenters. The molecule has 0 aromatic rings. The summed E-state index contributed by atoms with van der Waals surface area (Å²) in [6.07, 6.45) is -2.19.